The fraction of sp³-hybridized carbons (Fsp3) is 0.417. The SMILES string of the molecule is CCOc1cc(/C=N\NC(=O)[C@@H](CC(C)C)NS(=O)(=O)c2ccc(C)cc2)cc(Br)c1OCC. The molecule has 34 heavy (non-hydrogen) atoms. The topological polar surface area (TPSA) is 106 Å². The third-order valence-electron chi connectivity index (χ3n) is 4.66. The summed E-state index contributed by atoms with van der Waals surface area (Å²) in [6, 6.07) is 9.01. The molecule has 1 atom stereocenters. The zero-order valence-corrected chi connectivity index (χ0v) is 22.5. The normalized spacial score (nSPS) is 12.7. The van der Waals surface area contributed by atoms with Gasteiger partial charge >= 0.3 is 0 Å². The van der Waals surface area contributed by atoms with Gasteiger partial charge in [-0.1, -0.05) is 31.5 Å². The van der Waals surface area contributed by atoms with Crippen LogP contribution in [0.15, 0.2) is 50.9 Å². The first-order valence-corrected chi connectivity index (χ1v) is 13.4. The van der Waals surface area contributed by atoms with E-state index in [0.717, 1.165) is 5.56 Å². The van der Waals surface area contributed by atoms with E-state index < -0.39 is 22.0 Å². The smallest absolute Gasteiger partial charge is 0.258 e. The lowest BCUT2D eigenvalue weighted by Crippen LogP contribution is -2.46. The lowest BCUT2D eigenvalue weighted by atomic mass is 10.0. The average Bonchev–Trinajstić information content (AvgIpc) is 2.75. The van der Waals surface area contributed by atoms with Crippen molar-refractivity contribution in [3.63, 3.8) is 0 Å². The van der Waals surface area contributed by atoms with Gasteiger partial charge in [-0.3, -0.25) is 4.79 Å². The van der Waals surface area contributed by atoms with Crippen molar-refractivity contribution < 1.29 is 22.7 Å². The van der Waals surface area contributed by atoms with Crippen molar-refractivity contribution in [1.29, 1.82) is 0 Å². The van der Waals surface area contributed by atoms with Crippen LogP contribution in [0.5, 0.6) is 11.5 Å². The summed E-state index contributed by atoms with van der Waals surface area (Å²) in [7, 11) is -3.87. The van der Waals surface area contributed by atoms with E-state index in [1.165, 1.54) is 18.3 Å². The first-order chi connectivity index (χ1) is 16.1. The highest BCUT2D eigenvalue weighted by Gasteiger charge is 2.26. The van der Waals surface area contributed by atoms with Crippen LogP contribution in [0, 0.1) is 12.8 Å². The van der Waals surface area contributed by atoms with Gasteiger partial charge in [-0.05, 0) is 78.9 Å². The largest absolute Gasteiger partial charge is 0.490 e. The molecule has 0 radical (unpaired) electrons. The number of carbonyl (C=O) groups is 1. The quantitative estimate of drug-likeness (QED) is 0.299. The second kappa shape index (κ2) is 12.9. The Bertz CT molecular complexity index is 1100. The predicted octanol–water partition coefficient (Wildman–Crippen LogP) is 4.40. The maximum absolute atomic E-state index is 12.8. The molecule has 0 saturated carbocycles. The molecule has 186 valence electrons. The van der Waals surface area contributed by atoms with Crippen molar-refractivity contribution in [3.05, 3.63) is 52.0 Å². The molecular weight excluding hydrogens is 522 g/mol. The van der Waals surface area contributed by atoms with Gasteiger partial charge in [0.25, 0.3) is 5.91 Å². The van der Waals surface area contributed by atoms with E-state index in [0.29, 0.717) is 41.2 Å². The van der Waals surface area contributed by atoms with E-state index in [2.05, 4.69) is 31.2 Å². The highest BCUT2D eigenvalue weighted by molar-refractivity contribution is 9.10. The van der Waals surface area contributed by atoms with Crippen LogP contribution >= 0.6 is 15.9 Å². The van der Waals surface area contributed by atoms with Gasteiger partial charge in [0, 0.05) is 0 Å². The molecule has 2 N–H and O–H groups in total. The second-order valence-electron chi connectivity index (χ2n) is 8.05. The molecule has 0 saturated heterocycles. The maximum atomic E-state index is 12.8. The number of ether oxygens (including phenoxy) is 2. The Kier molecular flexibility index (Phi) is 10.5. The van der Waals surface area contributed by atoms with Crippen LogP contribution in [0.25, 0.3) is 0 Å². The van der Waals surface area contributed by atoms with Gasteiger partial charge in [-0.2, -0.15) is 9.82 Å². The summed E-state index contributed by atoms with van der Waals surface area (Å²) in [5.41, 5.74) is 4.06. The summed E-state index contributed by atoms with van der Waals surface area (Å²) in [5.74, 6) is 0.676. The van der Waals surface area contributed by atoms with Gasteiger partial charge in [0.05, 0.1) is 28.8 Å². The van der Waals surface area contributed by atoms with E-state index >= 15 is 0 Å². The number of halogens is 1. The van der Waals surface area contributed by atoms with Crippen LogP contribution in [-0.2, 0) is 14.8 Å². The molecule has 2 aromatic carbocycles. The van der Waals surface area contributed by atoms with Gasteiger partial charge in [-0.25, -0.2) is 13.8 Å². The standard InChI is InChI=1S/C24H32BrN3O5S/c1-6-32-22-14-18(13-20(25)23(22)33-7-2)15-26-27-24(29)21(12-16(3)4)28-34(30,31)19-10-8-17(5)9-11-19/h8-11,13-16,21,28H,6-7,12H2,1-5H3,(H,27,29)/b26-15-/t21-/m1/s1. The van der Waals surface area contributed by atoms with Crippen LogP contribution in [-0.4, -0.2) is 39.8 Å². The van der Waals surface area contributed by atoms with Gasteiger partial charge in [0.15, 0.2) is 11.5 Å². The first kappa shape index (κ1) is 27.8. The van der Waals surface area contributed by atoms with Crippen molar-refractivity contribution in [1.82, 2.24) is 10.1 Å². The first-order valence-electron chi connectivity index (χ1n) is 11.1. The molecule has 1 amide bonds. The molecule has 0 bridgehead atoms. The van der Waals surface area contributed by atoms with Crippen molar-refractivity contribution in [3.8, 4) is 11.5 Å². The maximum Gasteiger partial charge on any atom is 0.258 e. The number of amides is 1. The molecular formula is C24H32BrN3O5S. The van der Waals surface area contributed by atoms with E-state index in [9.17, 15) is 13.2 Å². The second-order valence-corrected chi connectivity index (χ2v) is 10.6. The Morgan fingerprint density at radius 3 is 2.35 bits per heavy atom. The summed E-state index contributed by atoms with van der Waals surface area (Å²) in [6.07, 6.45) is 1.78. The lowest BCUT2D eigenvalue weighted by molar-refractivity contribution is -0.123. The summed E-state index contributed by atoms with van der Waals surface area (Å²) in [6.45, 7) is 10.4. The Morgan fingerprint density at radius 1 is 1.12 bits per heavy atom. The van der Waals surface area contributed by atoms with Crippen molar-refractivity contribution >= 4 is 38.1 Å². The number of hydrogen-bond donors (Lipinski definition) is 2. The third-order valence-corrected chi connectivity index (χ3v) is 6.74. The van der Waals surface area contributed by atoms with Gasteiger partial charge in [-0.15, -0.1) is 0 Å². The minimum absolute atomic E-state index is 0.0799. The van der Waals surface area contributed by atoms with E-state index in [4.69, 9.17) is 9.47 Å². The fourth-order valence-electron chi connectivity index (χ4n) is 3.11. The predicted molar refractivity (Wildman–Crippen MR) is 137 cm³/mol. The molecule has 2 rings (SSSR count). The van der Waals surface area contributed by atoms with Crippen LogP contribution < -0.4 is 19.6 Å². The number of rotatable bonds is 12. The zero-order valence-electron chi connectivity index (χ0n) is 20.1. The number of aryl methyl sites for hydroxylation is 1. The Balaban J connectivity index is 2.17. The number of benzene rings is 2. The van der Waals surface area contributed by atoms with Gasteiger partial charge in [0.1, 0.15) is 6.04 Å². The molecule has 0 heterocycles. The monoisotopic (exact) mass is 553 g/mol. The minimum Gasteiger partial charge on any atom is -0.490 e. The highest BCUT2D eigenvalue weighted by atomic mass is 79.9. The van der Waals surface area contributed by atoms with Crippen LogP contribution in [0.4, 0.5) is 0 Å². The number of hydrogen-bond acceptors (Lipinski definition) is 6. The molecule has 10 heteroatoms. The molecule has 0 fully saturated rings. The number of nitrogens with one attached hydrogen (secondary N) is 2. The van der Waals surface area contributed by atoms with Crippen LogP contribution in [0.3, 0.4) is 0 Å². The Morgan fingerprint density at radius 2 is 1.76 bits per heavy atom. The molecule has 0 aromatic heterocycles. The van der Waals surface area contributed by atoms with Crippen molar-refractivity contribution in [2.24, 2.45) is 11.0 Å². The number of hydrazone groups is 1. The molecule has 0 unspecified atom stereocenters. The number of carbonyl (C=O) groups excluding carboxylic acids is 1. The van der Waals surface area contributed by atoms with Crippen molar-refractivity contribution in [2.75, 3.05) is 13.2 Å². The summed E-state index contributed by atoms with van der Waals surface area (Å²) in [5, 5.41) is 4.03. The van der Waals surface area contributed by atoms with Crippen LogP contribution in [0.2, 0.25) is 0 Å². The average molecular weight is 555 g/mol. The molecule has 0 aliphatic carbocycles. The molecule has 2 aromatic rings. The number of sulfonamides is 1. The summed E-state index contributed by atoms with van der Waals surface area (Å²) in [4.78, 5) is 12.9. The molecule has 0 aliphatic rings. The summed E-state index contributed by atoms with van der Waals surface area (Å²) < 4.78 is 40.1. The minimum atomic E-state index is -3.87. The third kappa shape index (κ3) is 8.11. The zero-order chi connectivity index (χ0) is 25.3. The van der Waals surface area contributed by atoms with Gasteiger partial charge < -0.3 is 9.47 Å². The van der Waals surface area contributed by atoms with Crippen LogP contribution in [0.1, 0.15) is 45.2 Å². The molecule has 8 nitrogen and oxygen atoms in total. The molecule has 0 aliphatic heterocycles. The Labute approximate surface area is 210 Å². The van der Waals surface area contributed by atoms with E-state index in [-0.39, 0.29) is 10.8 Å². The van der Waals surface area contributed by atoms with Crippen molar-refractivity contribution in [2.45, 2.75) is 52.0 Å². The van der Waals surface area contributed by atoms with E-state index in [1.54, 1.807) is 24.3 Å². The summed E-state index contributed by atoms with van der Waals surface area (Å²) >= 11 is 3.47. The fourth-order valence-corrected chi connectivity index (χ4v) is 4.89. The van der Waals surface area contributed by atoms with E-state index in [1.807, 2.05) is 34.6 Å². The van der Waals surface area contributed by atoms with Gasteiger partial charge in [0.2, 0.25) is 10.0 Å². The lowest BCUT2D eigenvalue weighted by Gasteiger charge is -2.19. The Hall–Kier alpha value is -2.43. The highest BCUT2D eigenvalue weighted by Crippen LogP contribution is 2.36. The molecule has 0 spiro atoms. The number of nitrogens with zero attached hydrogens (tertiary/aromatic N) is 1.